The third-order valence-electron chi connectivity index (χ3n) is 3.07. The van der Waals surface area contributed by atoms with Crippen molar-refractivity contribution in [2.24, 2.45) is 0 Å². The maximum absolute atomic E-state index is 11.5. The topological polar surface area (TPSA) is 61.5 Å². The van der Waals surface area contributed by atoms with Crippen molar-refractivity contribution in [1.82, 2.24) is 0 Å². The molecular weight excluding hydrogens is 230 g/mol. The molecule has 0 aliphatic carbocycles. The van der Waals surface area contributed by atoms with Crippen molar-refractivity contribution < 1.29 is 14.3 Å². The third kappa shape index (κ3) is 3.47. The van der Waals surface area contributed by atoms with Crippen molar-refractivity contribution in [2.75, 3.05) is 12.8 Å². The SMILES string of the molecule is CCC(C)(C)OCc1cccc(C(=O)OC)c1N. The Labute approximate surface area is 108 Å². The maximum Gasteiger partial charge on any atom is 0.339 e. The van der Waals surface area contributed by atoms with Crippen LogP contribution in [0.4, 0.5) is 5.69 Å². The summed E-state index contributed by atoms with van der Waals surface area (Å²) in [5, 5.41) is 0. The lowest BCUT2D eigenvalue weighted by Gasteiger charge is -2.24. The quantitative estimate of drug-likeness (QED) is 0.645. The fraction of sp³-hybridized carbons (Fsp3) is 0.500. The summed E-state index contributed by atoms with van der Waals surface area (Å²) >= 11 is 0. The molecule has 0 heterocycles. The highest BCUT2D eigenvalue weighted by molar-refractivity contribution is 5.95. The van der Waals surface area contributed by atoms with Crippen LogP contribution in [0.25, 0.3) is 0 Å². The molecule has 18 heavy (non-hydrogen) atoms. The number of methoxy groups -OCH3 is 1. The van der Waals surface area contributed by atoms with Gasteiger partial charge in [-0.1, -0.05) is 19.1 Å². The summed E-state index contributed by atoms with van der Waals surface area (Å²) in [6.07, 6.45) is 0.906. The van der Waals surface area contributed by atoms with Crippen molar-refractivity contribution in [3.8, 4) is 0 Å². The fourth-order valence-electron chi connectivity index (χ4n) is 1.40. The molecule has 0 amide bonds. The third-order valence-corrected chi connectivity index (χ3v) is 3.07. The van der Waals surface area contributed by atoms with E-state index < -0.39 is 5.97 Å². The van der Waals surface area contributed by atoms with Crippen LogP contribution in [0.5, 0.6) is 0 Å². The second-order valence-corrected chi connectivity index (χ2v) is 4.77. The molecule has 1 aromatic carbocycles. The largest absolute Gasteiger partial charge is 0.465 e. The molecule has 0 fully saturated rings. The lowest BCUT2D eigenvalue weighted by Crippen LogP contribution is -2.23. The molecule has 0 aromatic heterocycles. The number of rotatable bonds is 5. The molecule has 100 valence electrons. The van der Waals surface area contributed by atoms with Gasteiger partial charge in [-0.05, 0) is 26.3 Å². The minimum absolute atomic E-state index is 0.201. The molecule has 1 rings (SSSR count). The van der Waals surface area contributed by atoms with E-state index in [0.29, 0.717) is 17.9 Å². The number of carbonyl (C=O) groups is 1. The Kier molecular flexibility index (Phi) is 4.73. The molecule has 0 aliphatic rings. The van der Waals surface area contributed by atoms with Gasteiger partial charge < -0.3 is 15.2 Å². The highest BCUT2D eigenvalue weighted by Crippen LogP contribution is 2.22. The molecular formula is C14H21NO3. The molecule has 0 saturated carbocycles. The summed E-state index contributed by atoms with van der Waals surface area (Å²) < 4.78 is 10.5. The second-order valence-electron chi connectivity index (χ2n) is 4.77. The maximum atomic E-state index is 11.5. The number of nitrogen functional groups attached to an aromatic ring is 1. The highest BCUT2D eigenvalue weighted by atomic mass is 16.5. The van der Waals surface area contributed by atoms with Gasteiger partial charge in [-0.25, -0.2) is 4.79 Å². The number of hydrogen-bond acceptors (Lipinski definition) is 4. The van der Waals surface area contributed by atoms with Gasteiger partial charge in [0.25, 0.3) is 0 Å². The first kappa shape index (κ1) is 14.5. The summed E-state index contributed by atoms with van der Waals surface area (Å²) in [6, 6.07) is 5.28. The molecule has 2 N–H and O–H groups in total. The molecule has 0 unspecified atom stereocenters. The predicted octanol–water partition coefficient (Wildman–Crippen LogP) is 2.76. The number of para-hydroxylation sites is 1. The summed E-state index contributed by atoms with van der Waals surface area (Å²) in [5.41, 5.74) is 7.36. The van der Waals surface area contributed by atoms with Gasteiger partial charge in [-0.15, -0.1) is 0 Å². The van der Waals surface area contributed by atoms with Crippen LogP contribution in [0.15, 0.2) is 18.2 Å². The summed E-state index contributed by atoms with van der Waals surface area (Å²) in [6.45, 7) is 6.49. The summed E-state index contributed by atoms with van der Waals surface area (Å²) in [7, 11) is 1.34. The van der Waals surface area contributed by atoms with Crippen molar-refractivity contribution in [2.45, 2.75) is 39.4 Å². The number of esters is 1. The van der Waals surface area contributed by atoms with E-state index in [1.165, 1.54) is 7.11 Å². The Morgan fingerprint density at radius 2 is 2.06 bits per heavy atom. The van der Waals surface area contributed by atoms with Crippen LogP contribution < -0.4 is 5.73 Å². The number of benzene rings is 1. The normalized spacial score (nSPS) is 11.3. The zero-order chi connectivity index (χ0) is 13.8. The Morgan fingerprint density at radius 3 is 2.61 bits per heavy atom. The second kappa shape index (κ2) is 5.87. The smallest absolute Gasteiger partial charge is 0.339 e. The van der Waals surface area contributed by atoms with Crippen LogP contribution in [0.3, 0.4) is 0 Å². The predicted molar refractivity (Wildman–Crippen MR) is 71.4 cm³/mol. The standard InChI is InChI=1S/C14H21NO3/c1-5-14(2,3)18-9-10-7-6-8-11(12(10)15)13(16)17-4/h6-8H,5,9,15H2,1-4H3. The van der Waals surface area contributed by atoms with E-state index in [-0.39, 0.29) is 5.60 Å². The molecule has 1 aromatic rings. The molecule has 4 nitrogen and oxygen atoms in total. The van der Waals surface area contributed by atoms with E-state index in [1.54, 1.807) is 12.1 Å². The fourth-order valence-corrected chi connectivity index (χ4v) is 1.40. The Bertz CT molecular complexity index is 427. The van der Waals surface area contributed by atoms with E-state index >= 15 is 0 Å². The van der Waals surface area contributed by atoms with Gasteiger partial charge in [-0.2, -0.15) is 0 Å². The Morgan fingerprint density at radius 1 is 1.39 bits per heavy atom. The number of ether oxygens (including phenoxy) is 2. The summed E-state index contributed by atoms with van der Waals surface area (Å²) in [4.78, 5) is 11.5. The van der Waals surface area contributed by atoms with Gasteiger partial charge in [0, 0.05) is 5.56 Å². The molecule has 0 atom stereocenters. The molecule has 0 aliphatic heterocycles. The lowest BCUT2D eigenvalue weighted by atomic mass is 10.1. The van der Waals surface area contributed by atoms with E-state index in [2.05, 4.69) is 11.7 Å². The van der Waals surface area contributed by atoms with Gasteiger partial charge in [0.15, 0.2) is 0 Å². The Balaban J connectivity index is 2.88. The van der Waals surface area contributed by atoms with Crippen molar-refractivity contribution in [3.63, 3.8) is 0 Å². The van der Waals surface area contributed by atoms with Gasteiger partial charge in [0.05, 0.1) is 30.6 Å². The van der Waals surface area contributed by atoms with Crippen LogP contribution >= 0.6 is 0 Å². The molecule has 0 saturated heterocycles. The monoisotopic (exact) mass is 251 g/mol. The van der Waals surface area contributed by atoms with Gasteiger partial charge >= 0.3 is 5.97 Å². The van der Waals surface area contributed by atoms with Crippen LogP contribution in [0.2, 0.25) is 0 Å². The van der Waals surface area contributed by atoms with E-state index in [1.807, 2.05) is 19.9 Å². The zero-order valence-electron chi connectivity index (χ0n) is 11.4. The molecule has 4 heteroatoms. The molecule has 0 bridgehead atoms. The minimum atomic E-state index is -0.427. The van der Waals surface area contributed by atoms with Crippen LogP contribution in [-0.4, -0.2) is 18.7 Å². The number of hydrogen-bond donors (Lipinski definition) is 1. The van der Waals surface area contributed by atoms with Crippen molar-refractivity contribution in [3.05, 3.63) is 29.3 Å². The van der Waals surface area contributed by atoms with E-state index in [9.17, 15) is 4.79 Å². The number of nitrogens with two attached hydrogens (primary N) is 1. The van der Waals surface area contributed by atoms with Gasteiger partial charge in [0.2, 0.25) is 0 Å². The zero-order valence-corrected chi connectivity index (χ0v) is 11.4. The number of carbonyl (C=O) groups excluding carboxylic acids is 1. The average Bonchev–Trinajstić information content (AvgIpc) is 2.36. The number of anilines is 1. The van der Waals surface area contributed by atoms with Crippen molar-refractivity contribution >= 4 is 11.7 Å². The first-order valence-corrected chi connectivity index (χ1v) is 6.01. The minimum Gasteiger partial charge on any atom is -0.465 e. The van der Waals surface area contributed by atoms with Gasteiger partial charge in [0.1, 0.15) is 0 Å². The van der Waals surface area contributed by atoms with E-state index in [0.717, 1.165) is 12.0 Å². The summed E-state index contributed by atoms with van der Waals surface area (Å²) in [5.74, 6) is -0.427. The van der Waals surface area contributed by atoms with Crippen molar-refractivity contribution in [1.29, 1.82) is 0 Å². The van der Waals surface area contributed by atoms with Gasteiger partial charge in [-0.3, -0.25) is 0 Å². The first-order chi connectivity index (χ1) is 8.41. The van der Waals surface area contributed by atoms with E-state index in [4.69, 9.17) is 10.5 Å². The van der Waals surface area contributed by atoms with Crippen LogP contribution in [-0.2, 0) is 16.1 Å². The average molecular weight is 251 g/mol. The highest BCUT2D eigenvalue weighted by Gasteiger charge is 2.18. The first-order valence-electron chi connectivity index (χ1n) is 6.01. The van der Waals surface area contributed by atoms with Crippen LogP contribution in [0.1, 0.15) is 43.1 Å². The lowest BCUT2D eigenvalue weighted by molar-refractivity contribution is -0.0313. The Hall–Kier alpha value is -1.55. The molecule has 0 spiro atoms. The van der Waals surface area contributed by atoms with Crippen LogP contribution in [0, 0.1) is 0 Å². The molecule has 0 radical (unpaired) electrons.